The summed E-state index contributed by atoms with van der Waals surface area (Å²) in [6.45, 7) is 1.18. The van der Waals surface area contributed by atoms with Gasteiger partial charge >= 0.3 is 6.18 Å². The fraction of sp³-hybridized carbons (Fsp3) is 0.700. The maximum Gasteiger partial charge on any atom is 0.433 e. The third kappa shape index (κ3) is 2.48. The molecule has 1 atom stereocenters. The summed E-state index contributed by atoms with van der Waals surface area (Å²) in [6.07, 6.45) is -3.44. The Balaban J connectivity index is 2.55. The lowest BCUT2D eigenvalue weighted by molar-refractivity contribution is -0.146. The molecule has 1 saturated heterocycles. The van der Waals surface area contributed by atoms with Gasteiger partial charge in [0.1, 0.15) is 5.69 Å². The largest absolute Gasteiger partial charge is 0.433 e. The molecular weight excluding hydrogens is 283 g/mol. The monoisotopic (exact) mass is 297 g/mol. The zero-order chi connectivity index (χ0) is 14.5. The SMILES string of the molecule is CC1(n2ncc(CN)c2C(F)(F)F)CCS(=O)(=O)C1. The van der Waals surface area contributed by atoms with Crippen molar-refractivity contribution in [1.29, 1.82) is 0 Å². The Morgan fingerprint density at radius 2 is 2.16 bits per heavy atom. The molecule has 1 fully saturated rings. The molecule has 0 aliphatic carbocycles. The quantitative estimate of drug-likeness (QED) is 0.879. The topological polar surface area (TPSA) is 78.0 Å². The van der Waals surface area contributed by atoms with Crippen LogP contribution in [-0.4, -0.2) is 29.7 Å². The van der Waals surface area contributed by atoms with Crippen molar-refractivity contribution in [1.82, 2.24) is 9.78 Å². The number of nitrogens with two attached hydrogens (primary N) is 1. The van der Waals surface area contributed by atoms with Crippen LogP contribution >= 0.6 is 0 Å². The average molecular weight is 297 g/mol. The Bertz CT molecular complexity index is 594. The summed E-state index contributed by atoms with van der Waals surface area (Å²) in [7, 11) is -3.32. The lowest BCUT2D eigenvalue weighted by Crippen LogP contribution is -2.36. The van der Waals surface area contributed by atoms with Gasteiger partial charge < -0.3 is 5.73 Å². The Hall–Kier alpha value is -1.09. The standard InChI is InChI=1S/C10H14F3N3O2S/c1-9(2-3-19(17,18)6-9)16-8(10(11,12)13)7(4-14)5-15-16/h5H,2-4,6,14H2,1H3. The van der Waals surface area contributed by atoms with Crippen molar-refractivity contribution in [2.45, 2.75) is 31.6 Å². The smallest absolute Gasteiger partial charge is 0.326 e. The number of hydrogen-bond acceptors (Lipinski definition) is 4. The minimum Gasteiger partial charge on any atom is -0.326 e. The van der Waals surface area contributed by atoms with E-state index in [9.17, 15) is 21.6 Å². The van der Waals surface area contributed by atoms with E-state index >= 15 is 0 Å². The average Bonchev–Trinajstić information content (AvgIpc) is 2.79. The Morgan fingerprint density at radius 1 is 1.53 bits per heavy atom. The summed E-state index contributed by atoms with van der Waals surface area (Å²) in [5, 5.41) is 3.72. The van der Waals surface area contributed by atoms with E-state index < -0.39 is 27.2 Å². The number of aromatic nitrogens is 2. The van der Waals surface area contributed by atoms with E-state index in [4.69, 9.17) is 5.73 Å². The summed E-state index contributed by atoms with van der Waals surface area (Å²) in [4.78, 5) is 0. The Kier molecular flexibility index (Phi) is 3.17. The molecule has 2 rings (SSSR count). The third-order valence-corrected chi connectivity index (χ3v) is 5.22. The lowest BCUT2D eigenvalue weighted by atomic mass is 10.0. The van der Waals surface area contributed by atoms with Crippen LogP contribution in [0.2, 0.25) is 0 Å². The van der Waals surface area contributed by atoms with Crippen LogP contribution in [0.25, 0.3) is 0 Å². The van der Waals surface area contributed by atoms with E-state index in [1.165, 1.54) is 6.92 Å². The van der Waals surface area contributed by atoms with Crippen LogP contribution in [0.1, 0.15) is 24.6 Å². The van der Waals surface area contributed by atoms with Crippen LogP contribution in [0, 0.1) is 0 Å². The number of alkyl halides is 3. The molecule has 2 heterocycles. The van der Waals surface area contributed by atoms with Gasteiger partial charge in [-0.25, -0.2) is 8.42 Å². The number of hydrogen-bond donors (Lipinski definition) is 1. The summed E-state index contributed by atoms with van der Waals surface area (Å²) in [5.41, 5.74) is 3.04. The summed E-state index contributed by atoms with van der Waals surface area (Å²) in [5.74, 6) is -0.465. The molecular formula is C10H14F3N3O2S. The fourth-order valence-electron chi connectivity index (χ4n) is 2.40. The molecule has 0 aromatic carbocycles. The first kappa shape index (κ1) is 14.3. The predicted molar refractivity (Wildman–Crippen MR) is 62.0 cm³/mol. The zero-order valence-electron chi connectivity index (χ0n) is 10.2. The molecule has 0 spiro atoms. The molecule has 0 amide bonds. The maximum atomic E-state index is 13.1. The van der Waals surface area contributed by atoms with Gasteiger partial charge in [-0.2, -0.15) is 18.3 Å². The van der Waals surface area contributed by atoms with E-state index in [1.54, 1.807) is 0 Å². The minimum absolute atomic E-state index is 0.115. The van der Waals surface area contributed by atoms with E-state index in [0.29, 0.717) is 0 Å². The van der Waals surface area contributed by atoms with E-state index in [-0.39, 0.29) is 30.0 Å². The second-order valence-corrected chi connectivity index (χ2v) is 7.16. The molecule has 19 heavy (non-hydrogen) atoms. The van der Waals surface area contributed by atoms with Gasteiger partial charge in [-0.1, -0.05) is 0 Å². The van der Waals surface area contributed by atoms with Crippen LogP contribution in [-0.2, 0) is 28.1 Å². The van der Waals surface area contributed by atoms with Crippen LogP contribution in [0.15, 0.2) is 6.20 Å². The van der Waals surface area contributed by atoms with Crippen LogP contribution in [0.3, 0.4) is 0 Å². The minimum atomic E-state index is -4.61. The van der Waals surface area contributed by atoms with Gasteiger partial charge in [-0.05, 0) is 13.3 Å². The molecule has 1 aliphatic heterocycles. The van der Waals surface area contributed by atoms with Crippen molar-refractivity contribution in [3.05, 3.63) is 17.5 Å². The summed E-state index contributed by atoms with van der Waals surface area (Å²) >= 11 is 0. The second kappa shape index (κ2) is 4.20. The molecule has 5 nitrogen and oxygen atoms in total. The van der Waals surface area contributed by atoms with Gasteiger partial charge in [0.2, 0.25) is 0 Å². The highest BCUT2D eigenvalue weighted by Gasteiger charge is 2.47. The van der Waals surface area contributed by atoms with Gasteiger partial charge in [-0.15, -0.1) is 0 Å². The zero-order valence-corrected chi connectivity index (χ0v) is 11.1. The molecule has 0 bridgehead atoms. The van der Waals surface area contributed by atoms with Gasteiger partial charge in [0.25, 0.3) is 0 Å². The Morgan fingerprint density at radius 3 is 2.58 bits per heavy atom. The molecule has 0 saturated carbocycles. The molecule has 0 radical (unpaired) electrons. The lowest BCUT2D eigenvalue weighted by Gasteiger charge is -2.26. The molecule has 9 heteroatoms. The molecule has 2 N–H and O–H groups in total. The van der Waals surface area contributed by atoms with Crippen molar-refractivity contribution < 1.29 is 21.6 Å². The normalized spacial score (nSPS) is 26.8. The van der Waals surface area contributed by atoms with Gasteiger partial charge in [0, 0.05) is 12.1 Å². The van der Waals surface area contributed by atoms with E-state index in [2.05, 4.69) is 5.10 Å². The van der Waals surface area contributed by atoms with Crippen molar-refractivity contribution in [3.8, 4) is 0 Å². The summed E-state index contributed by atoms with van der Waals surface area (Å²) in [6, 6.07) is 0. The summed E-state index contributed by atoms with van der Waals surface area (Å²) < 4.78 is 63.0. The highest BCUT2D eigenvalue weighted by molar-refractivity contribution is 7.91. The molecule has 1 aromatic heterocycles. The van der Waals surface area contributed by atoms with E-state index in [0.717, 1.165) is 10.9 Å². The highest BCUT2D eigenvalue weighted by atomic mass is 32.2. The number of sulfone groups is 1. The first-order valence-electron chi connectivity index (χ1n) is 5.64. The number of nitrogens with zero attached hydrogens (tertiary/aromatic N) is 2. The highest BCUT2D eigenvalue weighted by Crippen LogP contribution is 2.38. The maximum absolute atomic E-state index is 13.1. The van der Waals surface area contributed by atoms with Crippen LogP contribution < -0.4 is 5.73 Å². The molecule has 1 aromatic rings. The van der Waals surface area contributed by atoms with Crippen molar-refractivity contribution in [2.75, 3.05) is 11.5 Å². The van der Waals surface area contributed by atoms with Crippen LogP contribution in [0.5, 0.6) is 0 Å². The van der Waals surface area contributed by atoms with Crippen molar-refractivity contribution in [3.63, 3.8) is 0 Å². The fourth-order valence-corrected chi connectivity index (χ4v) is 4.51. The molecule has 1 unspecified atom stereocenters. The van der Waals surface area contributed by atoms with E-state index in [1.807, 2.05) is 0 Å². The predicted octanol–water partition coefficient (Wildman–Crippen LogP) is 0.894. The number of halogens is 3. The van der Waals surface area contributed by atoms with Gasteiger partial charge in [0.15, 0.2) is 9.84 Å². The Labute approximate surface area is 108 Å². The first-order chi connectivity index (χ1) is 8.59. The first-order valence-corrected chi connectivity index (χ1v) is 7.46. The molecule has 108 valence electrons. The van der Waals surface area contributed by atoms with Crippen molar-refractivity contribution in [2.24, 2.45) is 5.73 Å². The number of rotatable bonds is 2. The van der Waals surface area contributed by atoms with Gasteiger partial charge in [0.05, 0.1) is 23.2 Å². The molecule has 1 aliphatic rings. The third-order valence-electron chi connectivity index (χ3n) is 3.33. The van der Waals surface area contributed by atoms with Crippen LogP contribution in [0.4, 0.5) is 13.2 Å². The van der Waals surface area contributed by atoms with Crippen molar-refractivity contribution >= 4 is 9.84 Å². The second-order valence-electron chi connectivity index (χ2n) is 4.97. The van der Waals surface area contributed by atoms with Gasteiger partial charge in [-0.3, -0.25) is 4.68 Å².